The Kier molecular flexibility index (Phi) is 10.7. The molecule has 0 aliphatic carbocycles. The number of rotatable bonds is 11. The van der Waals surface area contributed by atoms with Crippen LogP contribution >= 0.6 is 11.8 Å². The van der Waals surface area contributed by atoms with Gasteiger partial charge in [0.1, 0.15) is 6.10 Å². The number of amides is 2. The van der Waals surface area contributed by atoms with Gasteiger partial charge in [-0.1, -0.05) is 20.8 Å². The van der Waals surface area contributed by atoms with Crippen molar-refractivity contribution >= 4 is 29.5 Å². The summed E-state index contributed by atoms with van der Waals surface area (Å²) >= 11 is 1.63. The molecule has 3 N–H and O–H groups in total. The van der Waals surface area contributed by atoms with Crippen LogP contribution in [0.2, 0.25) is 0 Å². The maximum absolute atomic E-state index is 11.9. The minimum absolute atomic E-state index is 0.0522. The molecule has 0 aliphatic heterocycles. The molecule has 23 heavy (non-hydrogen) atoms. The Bertz CT molecular complexity index is 401. The van der Waals surface area contributed by atoms with Crippen LogP contribution in [0.15, 0.2) is 0 Å². The number of hydrogen-bond donors (Lipinski definition) is 3. The molecule has 0 unspecified atom stereocenters. The molecule has 0 saturated carbocycles. The van der Waals surface area contributed by atoms with E-state index in [0.29, 0.717) is 6.54 Å². The molecule has 0 rings (SSSR count). The van der Waals surface area contributed by atoms with E-state index in [-0.39, 0.29) is 37.9 Å². The number of carbonyl (C=O) groups is 3. The van der Waals surface area contributed by atoms with Crippen LogP contribution in [-0.2, 0) is 19.1 Å². The lowest BCUT2D eigenvalue weighted by Gasteiger charge is -2.28. The third kappa shape index (κ3) is 9.45. The molecule has 0 aromatic rings. The van der Waals surface area contributed by atoms with E-state index in [9.17, 15) is 19.5 Å². The maximum Gasteiger partial charge on any atom is 0.305 e. The van der Waals surface area contributed by atoms with Crippen molar-refractivity contribution in [1.29, 1.82) is 0 Å². The molecule has 0 spiro atoms. The van der Waals surface area contributed by atoms with Gasteiger partial charge in [-0.25, -0.2) is 0 Å². The normalized spacial score (nSPS) is 12.4. The largest absolute Gasteiger partial charge is 0.465 e. The van der Waals surface area contributed by atoms with Crippen LogP contribution in [0.25, 0.3) is 0 Å². The predicted octanol–water partition coefficient (Wildman–Crippen LogP) is 0.312. The van der Waals surface area contributed by atoms with E-state index in [1.54, 1.807) is 32.5 Å². The van der Waals surface area contributed by atoms with Gasteiger partial charge < -0.3 is 20.5 Å². The van der Waals surface area contributed by atoms with E-state index in [0.717, 1.165) is 5.75 Å². The first-order valence-electron chi connectivity index (χ1n) is 7.61. The molecule has 0 bridgehead atoms. The lowest BCUT2D eigenvalue weighted by atomic mass is 9.87. The maximum atomic E-state index is 11.9. The highest BCUT2D eigenvalue weighted by Crippen LogP contribution is 2.21. The average Bonchev–Trinajstić information content (AvgIpc) is 2.51. The van der Waals surface area contributed by atoms with Gasteiger partial charge in [-0.15, -0.1) is 0 Å². The molecule has 0 aromatic heterocycles. The molecule has 1 atom stereocenters. The van der Waals surface area contributed by atoms with E-state index in [1.807, 2.05) is 6.26 Å². The molecule has 0 fully saturated rings. The lowest BCUT2D eigenvalue weighted by Crippen LogP contribution is -2.47. The summed E-state index contributed by atoms with van der Waals surface area (Å²) in [5, 5.41) is 15.3. The van der Waals surface area contributed by atoms with Gasteiger partial charge in [0.05, 0.1) is 6.61 Å². The Labute approximate surface area is 141 Å². The van der Waals surface area contributed by atoms with E-state index >= 15 is 0 Å². The van der Waals surface area contributed by atoms with E-state index in [4.69, 9.17) is 4.74 Å². The summed E-state index contributed by atoms with van der Waals surface area (Å²) in [6.07, 6.45) is 1.02. The first-order chi connectivity index (χ1) is 10.7. The number of aliphatic hydroxyl groups is 1. The first kappa shape index (κ1) is 21.7. The van der Waals surface area contributed by atoms with Gasteiger partial charge in [0, 0.05) is 37.1 Å². The summed E-state index contributed by atoms with van der Waals surface area (Å²) < 4.78 is 4.98. The van der Waals surface area contributed by atoms with Gasteiger partial charge >= 0.3 is 5.97 Å². The highest BCUT2D eigenvalue weighted by Gasteiger charge is 2.34. The number of thioether (sulfide) groups is 1. The molecule has 0 saturated heterocycles. The fourth-order valence-corrected chi connectivity index (χ4v) is 1.89. The van der Waals surface area contributed by atoms with Crippen molar-refractivity contribution in [3.63, 3.8) is 0 Å². The van der Waals surface area contributed by atoms with Gasteiger partial charge in [0.25, 0.3) is 0 Å². The summed E-state index contributed by atoms with van der Waals surface area (Å²) in [5.41, 5.74) is -0.907. The molecular formula is C15H28N2O5S. The Morgan fingerprint density at radius 1 is 1.22 bits per heavy atom. The van der Waals surface area contributed by atoms with Gasteiger partial charge in [-0.2, -0.15) is 11.8 Å². The number of carbonyl (C=O) groups excluding carboxylic acids is 3. The number of hydrogen-bond acceptors (Lipinski definition) is 6. The van der Waals surface area contributed by atoms with E-state index in [1.165, 1.54) is 0 Å². The molecular weight excluding hydrogens is 320 g/mol. The SMILES string of the molecule is CCC(=O)OCC(C)(C)[C@@H](O)C(=O)NCCC(=O)NCCSC. The molecule has 0 aliphatic rings. The average molecular weight is 348 g/mol. The van der Waals surface area contributed by atoms with Crippen molar-refractivity contribution in [2.75, 3.05) is 31.7 Å². The smallest absolute Gasteiger partial charge is 0.305 e. The molecule has 2 amide bonds. The Hall–Kier alpha value is -1.28. The Balaban J connectivity index is 4.13. The predicted molar refractivity (Wildman–Crippen MR) is 90.1 cm³/mol. The third-order valence-corrected chi connectivity index (χ3v) is 3.77. The minimum Gasteiger partial charge on any atom is -0.465 e. The van der Waals surface area contributed by atoms with E-state index < -0.39 is 17.4 Å². The quantitative estimate of drug-likeness (QED) is 0.367. The Morgan fingerprint density at radius 3 is 2.43 bits per heavy atom. The van der Waals surface area contributed by atoms with Crippen molar-refractivity contribution in [2.45, 2.75) is 39.7 Å². The second kappa shape index (κ2) is 11.3. The van der Waals surface area contributed by atoms with Crippen LogP contribution < -0.4 is 10.6 Å². The fraction of sp³-hybridized carbons (Fsp3) is 0.800. The number of aliphatic hydroxyl groups excluding tert-OH is 1. The Morgan fingerprint density at radius 2 is 1.87 bits per heavy atom. The molecule has 8 heteroatoms. The molecule has 0 aromatic carbocycles. The van der Waals surface area contributed by atoms with E-state index in [2.05, 4.69) is 10.6 Å². The minimum atomic E-state index is -1.33. The van der Waals surface area contributed by atoms with Crippen LogP contribution in [0.5, 0.6) is 0 Å². The standard InChI is InChI=1S/C15H28N2O5S/c1-5-12(19)22-10-15(2,3)13(20)14(21)17-7-6-11(18)16-8-9-23-4/h13,20H,5-10H2,1-4H3,(H,16,18)(H,17,21)/t13-/m0/s1. The van der Waals surface area contributed by atoms with Gasteiger partial charge in [-0.3, -0.25) is 14.4 Å². The van der Waals surface area contributed by atoms with Crippen LogP contribution in [0, 0.1) is 5.41 Å². The summed E-state index contributed by atoms with van der Waals surface area (Å²) in [6, 6.07) is 0. The van der Waals surface area contributed by atoms with Crippen molar-refractivity contribution in [2.24, 2.45) is 5.41 Å². The van der Waals surface area contributed by atoms with Crippen molar-refractivity contribution in [1.82, 2.24) is 10.6 Å². The zero-order valence-corrected chi connectivity index (χ0v) is 15.1. The van der Waals surface area contributed by atoms with Gasteiger partial charge in [0.2, 0.25) is 11.8 Å². The molecule has 7 nitrogen and oxygen atoms in total. The highest BCUT2D eigenvalue weighted by molar-refractivity contribution is 7.98. The number of esters is 1. The van der Waals surface area contributed by atoms with Gasteiger partial charge in [0.15, 0.2) is 0 Å². The third-order valence-electron chi connectivity index (χ3n) is 3.16. The van der Waals surface area contributed by atoms with Crippen molar-refractivity contribution in [3.8, 4) is 0 Å². The van der Waals surface area contributed by atoms with Crippen molar-refractivity contribution in [3.05, 3.63) is 0 Å². The molecule has 0 heterocycles. The lowest BCUT2D eigenvalue weighted by molar-refractivity contribution is -0.153. The molecule has 0 radical (unpaired) electrons. The number of ether oxygens (including phenoxy) is 1. The summed E-state index contributed by atoms with van der Waals surface area (Å²) in [4.78, 5) is 34.5. The van der Waals surface area contributed by atoms with Crippen LogP contribution in [0.4, 0.5) is 0 Å². The topological polar surface area (TPSA) is 105 Å². The van der Waals surface area contributed by atoms with Crippen LogP contribution in [0.1, 0.15) is 33.6 Å². The zero-order valence-electron chi connectivity index (χ0n) is 14.3. The summed E-state index contributed by atoms with van der Waals surface area (Å²) in [5.74, 6) is -0.279. The van der Waals surface area contributed by atoms with Gasteiger partial charge in [-0.05, 0) is 6.26 Å². The fourth-order valence-electron chi connectivity index (χ4n) is 1.58. The van der Waals surface area contributed by atoms with Crippen LogP contribution in [0.3, 0.4) is 0 Å². The summed E-state index contributed by atoms with van der Waals surface area (Å²) in [7, 11) is 0. The van der Waals surface area contributed by atoms with Crippen LogP contribution in [-0.4, -0.2) is 60.7 Å². The zero-order chi connectivity index (χ0) is 17.9. The summed E-state index contributed by atoms with van der Waals surface area (Å²) in [6.45, 7) is 5.62. The second-order valence-corrected chi connectivity index (χ2v) is 6.77. The second-order valence-electron chi connectivity index (χ2n) is 5.79. The highest BCUT2D eigenvalue weighted by atomic mass is 32.2. The number of nitrogens with one attached hydrogen (secondary N) is 2. The monoisotopic (exact) mass is 348 g/mol. The molecule has 134 valence electrons. The van der Waals surface area contributed by atoms with Crippen molar-refractivity contribution < 1.29 is 24.2 Å². The first-order valence-corrected chi connectivity index (χ1v) is 9.01.